The van der Waals surface area contributed by atoms with E-state index in [4.69, 9.17) is 12.2 Å². The van der Waals surface area contributed by atoms with Gasteiger partial charge in [0, 0.05) is 29.9 Å². The maximum absolute atomic E-state index is 12.1. The fourth-order valence-corrected chi connectivity index (χ4v) is 3.06. The van der Waals surface area contributed by atoms with Crippen molar-refractivity contribution in [3.05, 3.63) is 60.2 Å². The first-order valence-corrected chi connectivity index (χ1v) is 9.47. The van der Waals surface area contributed by atoms with Crippen LogP contribution in [0.4, 0.5) is 5.69 Å². The van der Waals surface area contributed by atoms with Gasteiger partial charge in [0.2, 0.25) is 5.91 Å². The molecule has 0 radical (unpaired) electrons. The van der Waals surface area contributed by atoms with Crippen LogP contribution in [-0.4, -0.2) is 41.8 Å². The zero-order valence-corrected chi connectivity index (χ0v) is 16.1. The second-order valence-electron chi connectivity index (χ2n) is 5.66. The minimum Gasteiger partial charge on any atom is -0.362 e. The summed E-state index contributed by atoms with van der Waals surface area (Å²) in [6.45, 7) is 2.98. The van der Waals surface area contributed by atoms with Gasteiger partial charge in [-0.25, -0.2) is 0 Å². The summed E-state index contributed by atoms with van der Waals surface area (Å²) in [5.41, 5.74) is 1.95. The molecule has 0 saturated carbocycles. The van der Waals surface area contributed by atoms with Crippen LogP contribution in [0, 0.1) is 6.92 Å². The molecule has 6 heteroatoms. The first-order valence-electron chi connectivity index (χ1n) is 8.08. The Morgan fingerprint density at radius 1 is 1.12 bits per heavy atom. The molecule has 25 heavy (non-hydrogen) atoms. The fourth-order valence-electron chi connectivity index (χ4n) is 2.10. The van der Waals surface area contributed by atoms with Crippen LogP contribution in [0.2, 0.25) is 0 Å². The first-order chi connectivity index (χ1) is 12.0. The number of nitrogens with zero attached hydrogens (tertiary/aromatic N) is 1. The van der Waals surface area contributed by atoms with Crippen LogP contribution in [0.25, 0.3) is 0 Å². The number of hydrogen-bond acceptors (Lipinski definition) is 3. The van der Waals surface area contributed by atoms with Gasteiger partial charge in [-0.05, 0) is 43.4 Å². The number of thiocarbonyl (C=S) groups is 1. The summed E-state index contributed by atoms with van der Waals surface area (Å²) in [6.07, 6.45) is 0. The average molecular weight is 374 g/mol. The number of aryl methyl sites for hydroxylation is 1. The number of carbonyl (C=O) groups is 1. The van der Waals surface area contributed by atoms with Crippen LogP contribution >= 0.6 is 24.0 Å². The second-order valence-corrected chi connectivity index (χ2v) is 7.22. The summed E-state index contributed by atoms with van der Waals surface area (Å²) < 4.78 is 0. The van der Waals surface area contributed by atoms with E-state index in [1.165, 1.54) is 4.90 Å². The highest BCUT2D eigenvalue weighted by atomic mass is 32.2. The molecule has 2 aromatic carbocycles. The van der Waals surface area contributed by atoms with Crippen LogP contribution in [0.3, 0.4) is 0 Å². The lowest BCUT2D eigenvalue weighted by atomic mass is 10.2. The van der Waals surface area contributed by atoms with Gasteiger partial charge in [0.15, 0.2) is 5.11 Å². The normalized spacial score (nSPS) is 10.2. The number of carbonyl (C=O) groups excluding carboxylic acids is 1. The number of benzene rings is 2. The third-order valence-corrected chi connectivity index (χ3v) is 4.92. The van der Waals surface area contributed by atoms with Crippen LogP contribution in [0.15, 0.2) is 59.5 Å². The molecule has 2 rings (SSSR count). The van der Waals surface area contributed by atoms with Gasteiger partial charge in [0.1, 0.15) is 0 Å². The number of rotatable bonds is 7. The Kier molecular flexibility index (Phi) is 7.76. The first kappa shape index (κ1) is 19.3. The molecule has 132 valence electrons. The molecule has 4 nitrogen and oxygen atoms in total. The standard InChI is InChI=1S/C19H23N3OS2/c1-15-8-10-16(11-9-15)21-18(23)14-22(2)19(24)20-12-13-25-17-6-4-3-5-7-17/h3-11H,12-14H2,1-2H3,(H,20,24)(H,21,23). The van der Waals surface area contributed by atoms with E-state index in [0.29, 0.717) is 5.11 Å². The van der Waals surface area contributed by atoms with Crippen molar-refractivity contribution in [1.82, 2.24) is 10.2 Å². The van der Waals surface area contributed by atoms with E-state index in [0.717, 1.165) is 23.5 Å². The van der Waals surface area contributed by atoms with Crippen molar-refractivity contribution in [2.75, 3.05) is 31.2 Å². The number of amides is 1. The number of likely N-dealkylation sites (N-methyl/N-ethyl adjacent to an activating group) is 1. The van der Waals surface area contributed by atoms with Crippen LogP contribution in [0.5, 0.6) is 0 Å². The van der Waals surface area contributed by atoms with E-state index in [-0.39, 0.29) is 12.5 Å². The molecule has 0 bridgehead atoms. The zero-order valence-electron chi connectivity index (χ0n) is 14.5. The van der Waals surface area contributed by atoms with E-state index in [1.807, 2.05) is 56.4 Å². The number of nitrogens with one attached hydrogen (secondary N) is 2. The van der Waals surface area contributed by atoms with Crippen molar-refractivity contribution in [1.29, 1.82) is 0 Å². The zero-order chi connectivity index (χ0) is 18.1. The molecule has 0 unspecified atom stereocenters. The Labute approximate surface area is 159 Å². The Morgan fingerprint density at radius 2 is 1.80 bits per heavy atom. The molecule has 0 fully saturated rings. The highest BCUT2D eigenvalue weighted by molar-refractivity contribution is 7.99. The van der Waals surface area contributed by atoms with Gasteiger partial charge in [0.05, 0.1) is 6.54 Å². The maximum Gasteiger partial charge on any atom is 0.243 e. The predicted molar refractivity (Wildman–Crippen MR) is 110 cm³/mol. The highest BCUT2D eigenvalue weighted by Gasteiger charge is 2.09. The number of anilines is 1. The Hall–Kier alpha value is -2.05. The molecule has 2 N–H and O–H groups in total. The minimum absolute atomic E-state index is 0.0887. The van der Waals surface area contributed by atoms with Gasteiger partial charge in [0.25, 0.3) is 0 Å². The Morgan fingerprint density at radius 3 is 2.48 bits per heavy atom. The lowest BCUT2D eigenvalue weighted by molar-refractivity contribution is -0.116. The third-order valence-electron chi connectivity index (χ3n) is 3.45. The van der Waals surface area contributed by atoms with Crippen molar-refractivity contribution < 1.29 is 4.79 Å². The molecule has 0 saturated heterocycles. The summed E-state index contributed by atoms with van der Waals surface area (Å²) in [6, 6.07) is 18.0. The van der Waals surface area contributed by atoms with Gasteiger partial charge in [-0.3, -0.25) is 4.79 Å². The number of thioether (sulfide) groups is 1. The molecule has 1 amide bonds. The van der Waals surface area contributed by atoms with Crippen LogP contribution in [-0.2, 0) is 4.79 Å². The van der Waals surface area contributed by atoms with Gasteiger partial charge >= 0.3 is 0 Å². The van der Waals surface area contributed by atoms with Crippen molar-refractivity contribution in [2.45, 2.75) is 11.8 Å². The van der Waals surface area contributed by atoms with Gasteiger partial charge in [-0.1, -0.05) is 35.9 Å². The minimum atomic E-state index is -0.0887. The number of hydrogen-bond donors (Lipinski definition) is 2. The molecule has 0 atom stereocenters. The SMILES string of the molecule is Cc1ccc(NC(=O)CN(C)C(=S)NCCSc2ccccc2)cc1. The topological polar surface area (TPSA) is 44.4 Å². The van der Waals surface area contributed by atoms with Gasteiger partial charge < -0.3 is 15.5 Å². The van der Waals surface area contributed by atoms with E-state index in [2.05, 4.69) is 22.8 Å². The van der Waals surface area contributed by atoms with Crippen molar-refractivity contribution >= 4 is 40.7 Å². The van der Waals surface area contributed by atoms with Crippen LogP contribution in [0.1, 0.15) is 5.56 Å². The smallest absolute Gasteiger partial charge is 0.243 e. The summed E-state index contributed by atoms with van der Waals surface area (Å²) in [5, 5.41) is 6.63. The average Bonchev–Trinajstić information content (AvgIpc) is 2.61. The van der Waals surface area contributed by atoms with Gasteiger partial charge in [-0.15, -0.1) is 11.8 Å². The largest absolute Gasteiger partial charge is 0.362 e. The fraction of sp³-hybridized carbons (Fsp3) is 0.263. The Bertz CT molecular complexity index is 690. The molecule has 0 aliphatic carbocycles. The lowest BCUT2D eigenvalue weighted by Gasteiger charge is -2.20. The van der Waals surface area contributed by atoms with Crippen molar-refractivity contribution in [3.8, 4) is 0 Å². The molecule has 0 aliphatic rings. The van der Waals surface area contributed by atoms with Crippen LogP contribution < -0.4 is 10.6 Å². The van der Waals surface area contributed by atoms with E-state index >= 15 is 0 Å². The quantitative estimate of drug-likeness (QED) is 0.442. The molecular formula is C19H23N3OS2. The Balaban J connectivity index is 1.67. The maximum atomic E-state index is 12.1. The van der Waals surface area contributed by atoms with E-state index < -0.39 is 0 Å². The lowest BCUT2D eigenvalue weighted by Crippen LogP contribution is -2.42. The summed E-state index contributed by atoms with van der Waals surface area (Å²) in [7, 11) is 1.81. The summed E-state index contributed by atoms with van der Waals surface area (Å²) >= 11 is 7.10. The van der Waals surface area contributed by atoms with E-state index in [9.17, 15) is 4.79 Å². The monoisotopic (exact) mass is 373 g/mol. The summed E-state index contributed by atoms with van der Waals surface area (Å²) in [5.74, 6) is 0.822. The molecular weight excluding hydrogens is 350 g/mol. The van der Waals surface area contributed by atoms with Crippen molar-refractivity contribution in [3.63, 3.8) is 0 Å². The molecule has 0 heterocycles. The second kappa shape index (κ2) is 10.1. The summed E-state index contributed by atoms with van der Waals surface area (Å²) in [4.78, 5) is 15.1. The third kappa shape index (κ3) is 7.15. The molecule has 0 spiro atoms. The van der Waals surface area contributed by atoms with E-state index in [1.54, 1.807) is 16.7 Å². The highest BCUT2D eigenvalue weighted by Crippen LogP contribution is 2.15. The molecule has 2 aromatic rings. The van der Waals surface area contributed by atoms with Gasteiger partial charge in [-0.2, -0.15) is 0 Å². The van der Waals surface area contributed by atoms with Crippen molar-refractivity contribution in [2.24, 2.45) is 0 Å². The predicted octanol–water partition coefficient (Wildman–Crippen LogP) is 3.53. The molecule has 0 aliphatic heterocycles. The molecule has 0 aromatic heterocycles.